The molecule has 0 aromatic heterocycles. The molecule has 0 aromatic carbocycles. The fourth-order valence-electron chi connectivity index (χ4n) is 1.31. The first-order chi connectivity index (χ1) is 4.72. The largest absolute Gasteiger partial charge is 0.378 e. The molecule has 0 aromatic rings. The fourth-order valence-corrected chi connectivity index (χ4v) is 1.31. The molecule has 0 N–H and O–H groups in total. The average Bonchev–Trinajstić information content (AvgIpc) is 1.88. The maximum absolute atomic E-state index is 5.29. The van der Waals surface area contributed by atoms with E-state index in [4.69, 9.17) is 4.74 Å². The van der Waals surface area contributed by atoms with Gasteiger partial charge in [-0.25, -0.2) is 10.0 Å². The van der Waals surface area contributed by atoms with Gasteiger partial charge in [0.25, 0.3) is 0 Å². The number of morpholine rings is 1. The first-order valence-electron chi connectivity index (χ1n) is 3.73. The molecule has 1 atom stereocenters. The Labute approximate surface area is 62.5 Å². The number of nitrogens with zero attached hydrogens (tertiary/aromatic N) is 2. The normalized spacial score (nSPS) is 29.4. The Balaban J connectivity index is 2.40. The van der Waals surface area contributed by atoms with E-state index >= 15 is 0 Å². The maximum Gasteiger partial charge on any atom is 0.0633 e. The molecule has 1 aliphatic rings. The highest BCUT2D eigenvalue weighted by Gasteiger charge is 2.19. The smallest absolute Gasteiger partial charge is 0.0633 e. The highest BCUT2D eigenvalue weighted by Crippen LogP contribution is 2.05. The van der Waals surface area contributed by atoms with E-state index in [1.165, 1.54) is 0 Å². The quantitative estimate of drug-likeness (QED) is 0.522. The van der Waals surface area contributed by atoms with Crippen molar-refractivity contribution in [3.63, 3.8) is 0 Å². The van der Waals surface area contributed by atoms with Crippen LogP contribution in [0.25, 0.3) is 0 Å². The van der Waals surface area contributed by atoms with Gasteiger partial charge < -0.3 is 4.74 Å². The van der Waals surface area contributed by atoms with E-state index in [9.17, 15) is 0 Å². The molecule has 0 spiro atoms. The van der Waals surface area contributed by atoms with Crippen LogP contribution in [0.3, 0.4) is 0 Å². The summed E-state index contributed by atoms with van der Waals surface area (Å²) in [4.78, 5) is 0. The van der Waals surface area contributed by atoms with Crippen molar-refractivity contribution >= 4 is 0 Å². The second-order valence-electron chi connectivity index (χ2n) is 2.93. The highest BCUT2D eigenvalue weighted by molar-refractivity contribution is 4.66. The fraction of sp³-hybridized carbons (Fsp3) is 1.00. The first-order valence-corrected chi connectivity index (χ1v) is 3.73. The van der Waals surface area contributed by atoms with Crippen LogP contribution in [0.4, 0.5) is 0 Å². The van der Waals surface area contributed by atoms with Crippen molar-refractivity contribution in [3.8, 4) is 0 Å². The highest BCUT2D eigenvalue weighted by atomic mass is 16.5. The number of hydrogen-bond acceptors (Lipinski definition) is 3. The molecule has 1 unspecified atom stereocenters. The summed E-state index contributed by atoms with van der Waals surface area (Å²) in [6, 6.07) is 0.531. The summed E-state index contributed by atoms with van der Waals surface area (Å²) in [6.07, 6.45) is 0. The summed E-state index contributed by atoms with van der Waals surface area (Å²) >= 11 is 0. The zero-order valence-electron chi connectivity index (χ0n) is 7.00. The van der Waals surface area contributed by atoms with Gasteiger partial charge in [-0.3, -0.25) is 0 Å². The average molecular weight is 144 g/mol. The Morgan fingerprint density at radius 2 is 2.20 bits per heavy atom. The molecule has 0 amide bonds. The molecular weight excluding hydrogens is 128 g/mol. The topological polar surface area (TPSA) is 15.7 Å². The van der Waals surface area contributed by atoms with Crippen LogP contribution < -0.4 is 0 Å². The van der Waals surface area contributed by atoms with Gasteiger partial charge in [0.15, 0.2) is 0 Å². The lowest BCUT2D eigenvalue weighted by Gasteiger charge is -2.37. The molecule has 1 aliphatic heterocycles. The summed E-state index contributed by atoms with van der Waals surface area (Å²) < 4.78 is 5.29. The number of hydrogen-bond donors (Lipinski definition) is 0. The zero-order chi connectivity index (χ0) is 7.56. The van der Waals surface area contributed by atoms with E-state index in [2.05, 4.69) is 31.0 Å². The molecule has 1 saturated heterocycles. The van der Waals surface area contributed by atoms with Gasteiger partial charge in [-0.2, -0.15) is 0 Å². The van der Waals surface area contributed by atoms with Gasteiger partial charge in [0.2, 0.25) is 0 Å². The Kier molecular flexibility index (Phi) is 2.65. The van der Waals surface area contributed by atoms with Crippen LogP contribution in [0.2, 0.25) is 0 Å². The Hall–Kier alpha value is -0.120. The zero-order valence-corrected chi connectivity index (χ0v) is 7.00. The van der Waals surface area contributed by atoms with Crippen molar-refractivity contribution in [1.29, 1.82) is 0 Å². The van der Waals surface area contributed by atoms with Crippen molar-refractivity contribution in [2.75, 3.05) is 33.9 Å². The predicted octanol–water partition coefficient (Wildman–Crippen LogP) is 0.184. The van der Waals surface area contributed by atoms with E-state index in [0.717, 1.165) is 19.8 Å². The second-order valence-corrected chi connectivity index (χ2v) is 2.93. The van der Waals surface area contributed by atoms with Crippen LogP contribution in [-0.2, 0) is 4.74 Å². The van der Waals surface area contributed by atoms with Crippen molar-refractivity contribution in [2.45, 2.75) is 13.0 Å². The third-order valence-electron chi connectivity index (χ3n) is 1.85. The number of hydrazine groups is 1. The number of rotatable bonds is 1. The van der Waals surface area contributed by atoms with E-state index < -0.39 is 0 Å². The SMILES string of the molecule is CC1COCCN1N(C)C. The van der Waals surface area contributed by atoms with Gasteiger partial charge in [-0.05, 0) is 6.92 Å². The molecule has 10 heavy (non-hydrogen) atoms. The molecule has 0 radical (unpaired) electrons. The minimum Gasteiger partial charge on any atom is -0.378 e. The molecule has 1 rings (SSSR count). The monoisotopic (exact) mass is 144 g/mol. The summed E-state index contributed by atoms with van der Waals surface area (Å²) in [5, 5.41) is 4.44. The van der Waals surface area contributed by atoms with Crippen LogP contribution in [-0.4, -0.2) is 49.9 Å². The lowest BCUT2D eigenvalue weighted by atomic mass is 10.3. The lowest BCUT2D eigenvalue weighted by Crippen LogP contribution is -2.50. The standard InChI is InChI=1S/C7H16N2O/c1-7-6-10-5-4-9(7)8(2)3/h7H,4-6H2,1-3H3. The summed E-state index contributed by atoms with van der Waals surface area (Å²) in [5.74, 6) is 0. The lowest BCUT2D eigenvalue weighted by molar-refractivity contribution is -0.0979. The first kappa shape index (κ1) is 7.98. The van der Waals surface area contributed by atoms with Crippen molar-refractivity contribution < 1.29 is 4.74 Å². The molecule has 0 saturated carbocycles. The summed E-state index contributed by atoms with van der Waals surface area (Å²) in [5.41, 5.74) is 0. The van der Waals surface area contributed by atoms with Gasteiger partial charge in [-0.15, -0.1) is 0 Å². The van der Waals surface area contributed by atoms with E-state index in [1.54, 1.807) is 0 Å². The van der Waals surface area contributed by atoms with Crippen LogP contribution >= 0.6 is 0 Å². The molecule has 3 heteroatoms. The van der Waals surface area contributed by atoms with Crippen molar-refractivity contribution in [3.05, 3.63) is 0 Å². The van der Waals surface area contributed by atoms with E-state index in [-0.39, 0.29) is 0 Å². The summed E-state index contributed by atoms with van der Waals surface area (Å²) in [6.45, 7) is 4.92. The Morgan fingerprint density at radius 3 is 2.60 bits per heavy atom. The molecule has 1 heterocycles. The second kappa shape index (κ2) is 3.32. The minimum absolute atomic E-state index is 0.531. The van der Waals surface area contributed by atoms with Gasteiger partial charge in [0.1, 0.15) is 0 Å². The van der Waals surface area contributed by atoms with Crippen molar-refractivity contribution in [1.82, 2.24) is 10.0 Å². The van der Waals surface area contributed by atoms with Crippen LogP contribution in [0, 0.1) is 0 Å². The van der Waals surface area contributed by atoms with Gasteiger partial charge >= 0.3 is 0 Å². The van der Waals surface area contributed by atoms with Crippen LogP contribution in [0.15, 0.2) is 0 Å². The number of ether oxygens (including phenoxy) is 1. The molecule has 3 nitrogen and oxygen atoms in total. The Bertz CT molecular complexity index is 106. The van der Waals surface area contributed by atoms with E-state index in [0.29, 0.717) is 6.04 Å². The molecule has 60 valence electrons. The van der Waals surface area contributed by atoms with Gasteiger partial charge in [-0.1, -0.05) is 0 Å². The van der Waals surface area contributed by atoms with Gasteiger partial charge in [0, 0.05) is 26.7 Å². The predicted molar refractivity (Wildman–Crippen MR) is 40.7 cm³/mol. The van der Waals surface area contributed by atoms with Crippen LogP contribution in [0.5, 0.6) is 0 Å². The third kappa shape index (κ3) is 1.68. The minimum atomic E-state index is 0.531. The summed E-state index contributed by atoms with van der Waals surface area (Å²) in [7, 11) is 4.14. The van der Waals surface area contributed by atoms with Crippen molar-refractivity contribution in [2.24, 2.45) is 0 Å². The van der Waals surface area contributed by atoms with E-state index in [1.807, 2.05) is 0 Å². The van der Waals surface area contributed by atoms with Gasteiger partial charge in [0.05, 0.1) is 13.2 Å². The molecule has 0 aliphatic carbocycles. The maximum atomic E-state index is 5.29. The third-order valence-corrected chi connectivity index (χ3v) is 1.85. The molecule has 1 fully saturated rings. The van der Waals surface area contributed by atoms with Crippen LogP contribution in [0.1, 0.15) is 6.92 Å². The molecular formula is C7H16N2O. The Morgan fingerprint density at radius 1 is 1.50 bits per heavy atom. The molecule has 0 bridgehead atoms.